The average molecular weight is 293 g/mol. The van der Waals surface area contributed by atoms with Gasteiger partial charge in [0, 0.05) is 20.6 Å². The van der Waals surface area contributed by atoms with Crippen molar-refractivity contribution in [2.75, 3.05) is 27.2 Å². The summed E-state index contributed by atoms with van der Waals surface area (Å²) >= 11 is 0. The largest absolute Gasteiger partial charge is 0.481 e. The second-order valence-corrected chi connectivity index (χ2v) is 4.65. The maximum atomic E-state index is 11.5. The maximum absolute atomic E-state index is 11.5. The summed E-state index contributed by atoms with van der Waals surface area (Å²) in [6.45, 7) is -0.191. The van der Waals surface area contributed by atoms with Crippen LogP contribution in [0, 0.1) is 0 Å². The van der Waals surface area contributed by atoms with Gasteiger partial charge >= 0.3 is 12.0 Å². The Kier molecular flexibility index (Phi) is 6.19. The lowest BCUT2D eigenvalue weighted by Gasteiger charge is -2.15. The van der Waals surface area contributed by atoms with Gasteiger partial charge < -0.3 is 20.6 Å². The van der Waals surface area contributed by atoms with E-state index in [1.807, 2.05) is 0 Å². The van der Waals surface area contributed by atoms with Crippen LogP contribution >= 0.6 is 0 Å². The first kappa shape index (κ1) is 16.5. The average Bonchev–Trinajstić information content (AvgIpc) is 2.45. The lowest BCUT2D eigenvalue weighted by Crippen LogP contribution is -2.43. The lowest BCUT2D eigenvalue weighted by atomic mass is 9.99. The molecule has 3 amide bonds. The number of rotatable bonds is 6. The van der Waals surface area contributed by atoms with E-state index in [0.29, 0.717) is 5.56 Å². The van der Waals surface area contributed by atoms with Crippen molar-refractivity contribution < 1.29 is 19.5 Å². The third kappa shape index (κ3) is 5.52. The van der Waals surface area contributed by atoms with Crippen LogP contribution in [0.5, 0.6) is 0 Å². The SMILES string of the molecule is CN(C)C(=O)CNC(=O)NCC(C(=O)O)c1ccccc1. The van der Waals surface area contributed by atoms with Crippen molar-refractivity contribution in [3.05, 3.63) is 35.9 Å². The molecule has 1 aromatic carbocycles. The third-order valence-corrected chi connectivity index (χ3v) is 2.87. The van der Waals surface area contributed by atoms with Gasteiger partial charge in [-0.2, -0.15) is 0 Å². The molecule has 0 aromatic heterocycles. The molecule has 3 N–H and O–H groups in total. The minimum Gasteiger partial charge on any atom is -0.481 e. The molecular formula is C14H19N3O4. The summed E-state index contributed by atoms with van der Waals surface area (Å²) in [7, 11) is 3.16. The molecule has 0 aliphatic heterocycles. The first-order valence-corrected chi connectivity index (χ1v) is 6.41. The molecule has 0 aliphatic rings. The summed E-state index contributed by atoms with van der Waals surface area (Å²) in [4.78, 5) is 35.4. The Morgan fingerprint density at radius 1 is 1.14 bits per heavy atom. The zero-order chi connectivity index (χ0) is 15.8. The molecule has 114 valence electrons. The smallest absolute Gasteiger partial charge is 0.315 e. The van der Waals surface area contributed by atoms with Crippen molar-refractivity contribution in [3.8, 4) is 0 Å². The van der Waals surface area contributed by atoms with Gasteiger partial charge in [-0.1, -0.05) is 30.3 Å². The highest BCUT2D eigenvalue weighted by atomic mass is 16.4. The molecule has 0 heterocycles. The predicted octanol–water partition coefficient (Wildman–Crippen LogP) is 0.242. The molecular weight excluding hydrogens is 274 g/mol. The third-order valence-electron chi connectivity index (χ3n) is 2.87. The molecule has 0 bridgehead atoms. The number of benzene rings is 1. The second-order valence-electron chi connectivity index (χ2n) is 4.65. The lowest BCUT2D eigenvalue weighted by molar-refractivity contribution is -0.138. The minimum absolute atomic E-state index is 0.0542. The van der Waals surface area contributed by atoms with Gasteiger partial charge in [0.05, 0.1) is 12.5 Å². The molecule has 1 rings (SSSR count). The van der Waals surface area contributed by atoms with E-state index in [1.165, 1.54) is 4.90 Å². The topological polar surface area (TPSA) is 98.7 Å². The van der Waals surface area contributed by atoms with Crippen LogP contribution in [0.2, 0.25) is 0 Å². The molecule has 0 fully saturated rings. The first-order valence-electron chi connectivity index (χ1n) is 6.41. The predicted molar refractivity (Wildman–Crippen MR) is 76.9 cm³/mol. The summed E-state index contributed by atoms with van der Waals surface area (Å²) in [6, 6.07) is 8.06. The zero-order valence-corrected chi connectivity index (χ0v) is 12.0. The number of carbonyl (C=O) groups is 3. The molecule has 7 heteroatoms. The van der Waals surface area contributed by atoms with Crippen LogP contribution in [0.1, 0.15) is 11.5 Å². The van der Waals surface area contributed by atoms with Gasteiger partial charge in [0.15, 0.2) is 0 Å². The summed E-state index contributed by atoms with van der Waals surface area (Å²) in [5.41, 5.74) is 0.606. The van der Waals surface area contributed by atoms with Gasteiger partial charge in [0.25, 0.3) is 0 Å². The number of nitrogens with one attached hydrogen (secondary N) is 2. The van der Waals surface area contributed by atoms with Crippen LogP contribution < -0.4 is 10.6 Å². The van der Waals surface area contributed by atoms with Gasteiger partial charge in [-0.15, -0.1) is 0 Å². The molecule has 0 saturated carbocycles. The number of aliphatic carboxylic acids is 1. The van der Waals surface area contributed by atoms with E-state index in [9.17, 15) is 19.5 Å². The van der Waals surface area contributed by atoms with Crippen molar-refractivity contribution in [3.63, 3.8) is 0 Å². The van der Waals surface area contributed by atoms with Gasteiger partial charge in [0.2, 0.25) is 5.91 Å². The highest BCUT2D eigenvalue weighted by molar-refractivity contribution is 5.84. The molecule has 0 saturated heterocycles. The van der Waals surface area contributed by atoms with Crippen molar-refractivity contribution in [1.29, 1.82) is 0 Å². The zero-order valence-electron chi connectivity index (χ0n) is 12.0. The normalized spacial score (nSPS) is 11.3. The van der Waals surface area contributed by atoms with Gasteiger partial charge in [0.1, 0.15) is 0 Å². The van der Waals surface area contributed by atoms with Crippen LogP contribution in [0.4, 0.5) is 4.79 Å². The van der Waals surface area contributed by atoms with Crippen molar-refractivity contribution in [2.45, 2.75) is 5.92 Å². The van der Waals surface area contributed by atoms with Gasteiger partial charge in [-0.05, 0) is 5.56 Å². The number of urea groups is 1. The van der Waals surface area contributed by atoms with Crippen LogP contribution in [0.25, 0.3) is 0 Å². The number of likely N-dealkylation sites (N-methyl/N-ethyl adjacent to an activating group) is 1. The molecule has 0 radical (unpaired) electrons. The fraction of sp³-hybridized carbons (Fsp3) is 0.357. The number of carboxylic acids is 1. The first-order chi connectivity index (χ1) is 9.91. The van der Waals surface area contributed by atoms with Crippen LogP contribution in [-0.4, -0.2) is 55.1 Å². The Labute approximate surface area is 122 Å². The second kappa shape index (κ2) is 7.88. The Balaban J connectivity index is 2.49. The summed E-state index contributed by atoms with van der Waals surface area (Å²) in [5.74, 6) is -2.10. The van der Waals surface area contributed by atoms with Crippen LogP contribution in [0.3, 0.4) is 0 Å². The number of nitrogens with zero attached hydrogens (tertiary/aromatic N) is 1. The molecule has 1 atom stereocenters. The number of hydrogen-bond acceptors (Lipinski definition) is 3. The fourth-order valence-electron chi connectivity index (χ4n) is 1.60. The maximum Gasteiger partial charge on any atom is 0.315 e. The van der Waals surface area contributed by atoms with Gasteiger partial charge in [-0.25, -0.2) is 4.79 Å². The quantitative estimate of drug-likeness (QED) is 0.699. The highest BCUT2D eigenvalue weighted by Gasteiger charge is 2.20. The molecule has 21 heavy (non-hydrogen) atoms. The Morgan fingerprint density at radius 3 is 2.29 bits per heavy atom. The standard InChI is InChI=1S/C14H19N3O4/c1-17(2)12(18)9-16-14(21)15-8-11(13(19)20)10-6-4-3-5-7-10/h3-7,11H,8-9H2,1-2H3,(H,19,20)(H2,15,16,21). The Bertz CT molecular complexity index is 502. The summed E-state index contributed by atoms with van der Waals surface area (Å²) < 4.78 is 0. The fourth-order valence-corrected chi connectivity index (χ4v) is 1.60. The van der Waals surface area contributed by atoms with E-state index >= 15 is 0 Å². The molecule has 1 aromatic rings. The van der Waals surface area contributed by atoms with E-state index in [4.69, 9.17) is 0 Å². The van der Waals surface area contributed by atoms with E-state index in [0.717, 1.165) is 0 Å². The number of hydrogen-bond donors (Lipinski definition) is 3. The number of amides is 3. The summed E-state index contributed by atoms with van der Waals surface area (Å²) in [6.07, 6.45) is 0. The van der Waals surface area contributed by atoms with E-state index in [1.54, 1.807) is 44.4 Å². The number of carbonyl (C=O) groups excluding carboxylic acids is 2. The highest BCUT2D eigenvalue weighted by Crippen LogP contribution is 2.14. The van der Waals surface area contributed by atoms with Crippen molar-refractivity contribution in [2.24, 2.45) is 0 Å². The Hall–Kier alpha value is -2.57. The van der Waals surface area contributed by atoms with Crippen molar-refractivity contribution >= 4 is 17.9 Å². The molecule has 7 nitrogen and oxygen atoms in total. The molecule has 1 unspecified atom stereocenters. The van der Waals surface area contributed by atoms with E-state index < -0.39 is 17.9 Å². The van der Waals surface area contributed by atoms with E-state index in [2.05, 4.69) is 10.6 Å². The molecule has 0 aliphatic carbocycles. The minimum atomic E-state index is -1.02. The number of carboxylic acid groups (broad SMARTS) is 1. The molecule has 0 spiro atoms. The summed E-state index contributed by atoms with van der Waals surface area (Å²) in [5, 5.41) is 14.0. The van der Waals surface area contributed by atoms with Crippen LogP contribution in [0.15, 0.2) is 30.3 Å². The Morgan fingerprint density at radius 2 is 1.76 bits per heavy atom. The van der Waals surface area contributed by atoms with Gasteiger partial charge in [-0.3, -0.25) is 9.59 Å². The van der Waals surface area contributed by atoms with Crippen LogP contribution in [-0.2, 0) is 9.59 Å². The van der Waals surface area contributed by atoms with Crippen molar-refractivity contribution in [1.82, 2.24) is 15.5 Å². The monoisotopic (exact) mass is 293 g/mol. The van der Waals surface area contributed by atoms with E-state index in [-0.39, 0.29) is 19.0 Å².